The summed E-state index contributed by atoms with van der Waals surface area (Å²) in [6.45, 7) is 6.49. The van der Waals surface area contributed by atoms with Crippen LogP contribution in [0.3, 0.4) is 0 Å². The predicted molar refractivity (Wildman–Crippen MR) is 235 cm³/mol. The van der Waals surface area contributed by atoms with Crippen molar-refractivity contribution in [1.29, 1.82) is 0 Å². The number of ether oxygens (including phenoxy) is 8. The fraction of sp³-hybridized carbons (Fsp3) is 0.457. The van der Waals surface area contributed by atoms with Crippen LogP contribution in [-0.4, -0.2) is 127 Å². The molecule has 1 spiro atoms. The molecule has 6 rings (SSSR count). The number of unbranched alkanes of at least 4 members (excludes halogenated alkanes) is 3. The number of carbonyl (C=O) groups is 5. The first kappa shape index (κ1) is 49.5. The Hall–Kier alpha value is -5.96. The van der Waals surface area contributed by atoms with Crippen LogP contribution in [0.2, 0.25) is 0 Å². The first-order valence-electron chi connectivity index (χ1n) is 21.6. The Kier molecular flexibility index (Phi) is 18.0. The quantitative estimate of drug-likeness (QED) is 0.0347. The van der Waals surface area contributed by atoms with Crippen molar-refractivity contribution in [1.82, 2.24) is 25.2 Å². The van der Waals surface area contributed by atoms with Gasteiger partial charge in [-0.1, -0.05) is 24.1 Å². The van der Waals surface area contributed by atoms with Crippen molar-refractivity contribution in [2.45, 2.75) is 64.8 Å². The Balaban J connectivity index is 1.02. The summed E-state index contributed by atoms with van der Waals surface area (Å²) in [5.74, 6) is -1.93. The lowest BCUT2D eigenvalue weighted by atomic mass is 9.76. The van der Waals surface area contributed by atoms with Crippen LogP contribution in [0.4, 0.5) is 0 Å². The fourth-order valence-electron chi connectivity index (χ4n) is 7.52. The number of amides is 1. The van der Waals surface area contributed by atoms with Gasteiger partial charge in [0.05, 0.1) is 68.6 Å². The van der Waals surface area contributed by atoms with Crippen molar-refractivity contribution in [2.75, 3.05) is 72.3 Å². The molecule has 2 aliphatic heterocycles. The van der Waals surface area contributed by atoms with Crippen LogP contribution in [0.25, 0.3) is 0 Å². The van der Waals surface area contributed by atoms with Gasteiger partial charge in [-0.05, 0) is 56.3 Å². The number of carboxylic acid groups (broad SMARTS) is 1. The Morgan fingerprint density at radius 1 is 0.818 bits per heavy atom. The van der Waals surface area contributed by atoms with E-state index in [1.54, 1.807) is 35.1 Å². The molecule has 1 aromatic heterocycles. The highest BCUT2D eigenvalue weighted by Gasteiger charge is 2.54. The second-order valence-corrected chi connectivity index (χ2v) is 15.9. The van der Waals surface area contributed by atoms with E-state index in [-0.39, 0.29) is 66.4 Å². The van der Waals surface area contributed by atoms with Gasteiger partial charge >= 0.3 is 23.9 Å². The molecule has 3 aromatic carbocycles. The first-order valence-corrected chi connectivity index (χ1v) is 22.1. The van der Waals surface area contributed by atoms with Crippen molar-refractivity contribution in [3.63, 3.8) is 0 Å². The van der Waals surface area contributed by atoms with E-state index in [0.29, 0.717) is 86.5 Å². The van der Waals surface area contributed by atoms with E-state index in [0.717, 1.165) is 25.7 Å². The number of esters is 3. The van der Waals surface area contributed by atoms with Crippen LogP contribution < -0.4 is 19.5 Å². The molecule has 0 fully saturated rings. The maximum absolute atomic E-state index is 13.6. The molecule has 19 nitrogen and oxygen atoms in total. The summed E-state index contributed by atoms with van der Waals surface area (Å²) >= 11 is 5.68. The summed E-state index contributed by atoms with van der Waals surface area (Å²) in [7, 11) is 1.82. The zero-order valence-electron chi connectivity index (χ0n) is 37.1. The van der Waals surface area contributed by atoms with Gasteiger partial charge in [0.2, 0.25) is 5.91 Å². The number of nitrogens with one attached hydrogen (secondary N) is 1. The number of benzene rings is 3. The van der Waals surface area contributed by atoms with E-state index in [1.165, 1.54) is 38.1 Å². The number of nitrogens with zero attached hydrogens (tertiary/aromatic N) is 4. The molecule has 0 saturated carbocycles. The summed E-state index contributed by atoms with van der Waals surface area (Å²) < 4.78 is 47.6. The molecule has 0 bridgehead atoms. The largest absolute Gasteiger partial charge is 0.478 e. The lowest BCUT2D eigenvalue weighted by Gasteiger charge is -2.38. The Morgan fingerprint density at radius 3 is 2.29 bits per heavy atom. The zero-order valence-corrected chi connectivity index (χ0v) is 37.9. The molecular weight excluding hydrogens is 882 g/mol. The monoisotopic (exact) mass is 935 g/mol. The van der Waals surface area contributed by atoms with Crippen LogP contribution in [0.5, 0.6) is 23.0 Å². The van der Waals surface area contributed by atoms with Gasteiger partial charge < -0.3 is 48.3 Å². The number of carbonyl (C=O) groups excluding carboxylic acids is 4. The molecule has 4 aromatic rings. The molecule has 66 heavy (non-hydrogen) atoms. The average Bonchev–Trinajstić information content (AvgIpc) is 3.84. The van der Waals surface area contributed by atoms with Crippen molar-refractivity contribution < 1.29 is 67.0 Å². The molecule has 2 aliphatic rings. The summed E-state index contributed by atoms with van der Waals surface area (Å²) in [5, 5.41) is 21.0. The van der Waals surface area contributed by atoms with Crippen molar-refractivity contribution >= 4 is 41.4 Å². The third-order valence-electron chi connectivity index (χ3n) is 10.4. The number of halogens is 1. The Morgan fingerprint density at radius 2 is 1.53 bits per heavy atom. The number of aromatic nitrogens is 3. The zero-order chi connectivity index (χ0) is 47.1. The molecule has 0 aliphatic carbocycles. The summed E-state index contributed by atoms with van der Waals surface area (Å²) in [4.78, 5) is 63.8. The highest BCUT2D eigenvalue weighted by Crippen LogP contribution is 2.58. The molecule has 354 valence electrons. The topological polar surface area (TPSA) is 225 Å². The third-order valence-corrected chi connectivity index (χ3v) is 10.7. The standard InChI is InChI=1S/C46H54ClN5O14/c1-30(53)63-34-9-11-38-41(25-34)65-43-36(40(64-31(2)54)13-12-39(43)46(38)37-10-8-32(44(56)57)24-35(37)45(58)66-46)28-51(3)26-33-27-52(50-49-33)16-19-61-22-23-62-29-42(55)48-15-18-60-21-20-59-17-7-5-4-6-14-47/h8-13,24-25,27H,4-7,14-23,26,28-29H2,1-3H3,(H,48,55)(H,56,57). The van der Waals surface area contributed by atoms with Gasteiger partial charge in [0.1, 0.15) is 29.6 Å². The Labute approximate surface area is 386 Å². The number of rotatable bonds is 27. The van der Waals surface area contributed by atoms with Gasteiger partial charge in [0.15, 0.2) is 5.60 Å². The molecule has 20 heteroatoms. The van der Waals surface area contributed by atoms with Crippen LogP contribution in [0, 0.1) is 0 Å². The maximum atomic E-state index is 13.6. The molecule has 1 unspecified atom stereocenters. The highest BCUT2D eigenvalue weighted by molar-refractivity contribution is 6.17. The predicted octanol–water partition coefficient (Wildman–Crippen LogP) is 5.01. The van der Waals surface area contributed by atoms with Crippen LogP contribution >= 0.6 is 11.6 Å². The number of fused-ring (bicyclic) bond motifs is 6. The third kappa shape index (κ3) is 12.9. The van der Waals surface area contributed by atoms with Gasteiger partial charge in [-0.3, -0.25) is 19.3 Å². The molecule has 1 amide bonds. The average molecular weight is 936 g/mol. The van der Waals surface area contributed by atoms with E-state index >= 15 is 0 Å². The van der Waals surface area contributed by atoms with Crippen LogP contribution in [-0.2, 0) is 63.3 Å². The summed E-state index contributed by atoms with van der Waals surface area (Å²) in [5.41, 5.74) is 0.534. The number of carboxylic acids is 1. The second-order valence-electron chi connectivity index (χ2n) is 15.5. The minimum Gasteiger partial charge on any atom is -0.478 e. The molecule has 0 radical (unpaired) electrons. The lowest BCUT2D eigenvalue weighted by Crippen LogP contribution is -2.34. The second kappa shape index (κ2) is 24.0. The maximum Gasteiger partial charge on any atom is 0.340 e. The van der Waals surface area contributed by atoms with Gasteiger partial charge in [0, 0.05) is 74.9 Å². The van der Waals surface area contributed by atoms with Gasteiger partial charge in [-0.25, -0.2) is 14.3 Å². The Bertz CT molecular complexity index is 2360. The number of hydrogen-bond donors (Lipinski definition) is 2. The van der Waals surface area contributed by atoms with Gasteiger partial charge in [-0.2, -0.15) is 0 Å². The molecule has 2 N–H and O–H groups in total. The molecule has 1 atom stereocenters. The van der Waals surface area contributed by atoms with E-state index in [1.807, 2.05) is 11.9 Å². The van der Waals surface area contributed by atoms with E-state index in [2.05, 4.69) is 15.6 Å². The van der Waals surface area contributed by atoms with Crippen molar-refractivity contribution in [2.24, 2.45) is 0 Å². The van der Waals surface area contributed by atoms with E-state index < -0.39 is 29.5 Å². The number of hydrogen-bond acceptors (Lipinski definition) is 16. The van der Waals surface area contributed by atoms with Crippen molar-refractivity contribution in [3.05, 3.63) is 93.8 Å². The molecular formula is C46H54ClN5O14. The highest BCUT2D eigenvalue weighted by atomic mass is 35.5. The molecule has 0 saturated heterocycles. The van der Waals surface area contributed by atoms with Gasteiger partial charge in [0.25, 0.3) is 0 Å². The van der Waals surface area contributed by atoms with E-state index in [4.69, 9.17) is 49.5 Å². The molecule has 3 heterocycles. The normalized spacial score (nSPS) is 14.6. The van der Waals surface area contributed by atoms with Crippen molar-refractivity contribution in [3.8, 4) is 23.0 Å². The SMILES string of the molecule is CC(=O)Oc1ccc2c(c1)Oc1c(ccc(OC(C)=O)c1CN(C)Cc1cn(CCOCCOCC(=O)NCCOCCOCCCCCCCl)nn1)C21OC(=O)c2cc(C(=O)O)ccc21. The fourth-order valence-corrected chi connectivity index (χ4v) is 7.71. The van der Waals surface area contributed by atoms with Gasteiger partial charge in [-0.15, -0.1) is 16.7 Å². The summed E-state index contributed by atoms with van der Waals surface area (Å²) in [6, 6.07) is 12.1. The minimum atomic E-state index is -1.62. The van der Waals surface area contributed by atoms with E-state index in [9.17, 15) is 29.1 Å². The smallest absolute Gasteiger partial charge is 0.340 e. The van der Waals surface area contributed by atoms with Crippen LogP contribution in [0.1, 0.15) is 88.2 Å². The number of alkyl halides is 1. The summed E-state index contributed by atoms with van der Waals surface area (Å²) in [6.07, 6.45) is 6.03. The van der Waals surface area contributed by atoms with Crippen LogP contribution in [0.15, 0.2) is 54.7 Å². The minimum absolute atomic E-state index is 0.0538. The number of aromatic carboxylic acids is 1. The lowest BCUT2D eigenvalue weighted by molar-refractivity contribution is -0.132. The first-order chi connectivity index (χ1) is 31.9.